The van der Waals surface area contributed by atoms with Gasteiger partial charge in [0.1, 0.15) is 16.5 Å². The highest BCUT2D eigenvalue weighted by Crippen LogP contribution is 2.27. The number of nitrogens with zero attached hydrogens (tertiary/aromatic N) is 3. The second kappa shape index (κ2) is 13.7. The molecule has 0 aliphatic heterocycles. The van der Waals surface area contributed by atoms with Crippen molar-refractivity contribution < 1.29 is 23.5 Å². The lowest BCUT2D eigenvalue weighted by molar-refractivity contribution is 0.0734. The van der Waals surface area contributed by atoms with E-state index in [0.717, 1.165) is 22.7 Å². The first kappa shape index (κ1) is 28.8. The van der Waals surface area contributed by atoms with Crippen LogP contribution in [0.3, 0.4) is 0 Å². The van der Waals surface area contributed by atoms with E-state index in [1.54, 1.807) is 36.6 Å². The van der Waals surface area contributed by atoms with Gasteiger partial charge >= 0.3 is 0 Å². The van der Waals surface area contributed by atoms with Crippen molar-refractivity contribution in [3.8, 4) is 11.5 Å². The SMILES string of the molecule is CCCN(Cc1cccn1Cc1nc(C(=O)NCCc2ccc(OC)c(OC)c2)cs1)C(=O)c1ccccc1F. The minimum absolute atomic E-state index is 0.0655. The van der Waals surface area contributed by atoms with Gasteiger partial charge in [-0.2, -0.15) is 0 Å². The third kappa shape index (κ3) is 7.06. The summed E-state index contributed by atoms with van der Waals surface area (Å²) in [4.78, 5) is 32.0. The Kier molecular flexibility index (Phi) is 9.91. The summed E-state index contributed by atoms with van der Waals surface area (Å²) in [6.07, 6.45) is 3.30. The number of carbonyl (C=O) groups excluding carboxylic acids is 2. The van der Waals surface area contributed by atoms with Crippen LogP contribution in [0.2, 0.25) is 0 Å². The standard InChI is InChI=1S/C30H33FN4O4S/c1-4-15-35(30(37)23-9-5-6-10-24(23)31)18-22-8-7-16-34(22)19-28-33-25(20-40-28)29(36)32-14-13-21-11-12-26(38-2)27(17-21)39-3/h5-12,16-17,20H,4,13-15,18-19H2,1-3H3,(H,32,36). The maximum atomic E-state index is 14.3. The van der Waals surface area contributed by atoms with Crippen LogP contribution in [-0.4, -0.2) is 53.6 Å². The lowest BCUT2D eigenvalue weighted by Gasteiger charge is -2.23. The summed E-state index contributed by atoms with van der Waals surface area (Å²) in [5, 5.41) is 5.44. The third-order valence-electron chi connectivity index (χ3n) is 6.40. The molecule has 4 rings (SSSR count). The number of thiazole rings is 1. The molecule has 2 aromatic carbocycles. The van der Waals surface area contributed by atoms with E-state index in [-0.39, 0.29) is 17.4 Å². The van der Waals surface area contributed by atoms with Gasteiger partial charge in [0.25, 0.3) is 11.8 Å². The van der Waals surface area contributed by atoms with E-state index in [2.05, 4.69) is 10.3 Å². The van der Waals surface area contributed by atoms with Crippen molar-refractivity contribution in [1.29, 1.82) is 0 Å². The lowest BCUT2D eigenvalue weighted by Crippen LogP contribution is -2.32. The summed E-state index contributed by atoms with van der Waals surface area (Å²) in [6.45, 7) is 3.73. The van der Waals surface area contributed by atoms with Gasteiger partial charge < -0.3 is 24.3 Å². The van der Waals surface area contributed by atoms with Crippen molar-refractivity contribution in [3.05, 3.63) is 99.5 Å². The smallest absolute Gasteiger partial charge is 0.270 e. The van der Waals surface area contributed by atoms with Gasteiger partial charge in [-0.3, -0.25) is 9.59 Å². The number of hydrogen-bond acceptors (Lipinski definition) is 6. The molecule has 1 N–H and O–H groups in total. The summed E-state index contributed by atoms with van der Waals surface area (Å²) < 4.78 is 26.9. The van der Waals surface area contributed by atoms with Crippen LogP contribution in [0, 0.1) is 5.82 Å². The van der Waals surface area contributed by atoms with Gasteiger partial charge in [-0.15, -0.1) is 11.3 Å². The Labute approximate surface area is 237 Å². The van der Waals surface area contributed by atoms with Gasteiger partial charge in [0.15, 0.2) is 11.5 Å². The van der Waals surface area contributed by atoms with Gasteiger partial charge in [-0.25, -0.2) is 9.37 Å². The highest BCUT2D eigenvalue weighted by Gasteiger charge is 2.20. The topological polar surface area (TPSA) is 85.7 Å². The van der Waals surface area contributed by atoms with Crippen molar-refractivity contribution in [2.24, 2.45) is 0 Å². The quantitative estimate of drug-likeness (QED) is 0.242. The molecule has 0 aliphatic carbocycles. The molecule has 0 atom stereocenters. The Morgan fingerprint density at radius 3 is 2.62 bits per heavy atom. The number of halogens is 1. The summed E-state index contributed by atoms with van der Waals surface area (Å²) in [5.41, 5.74) is 2.34. The lowest BCUT2D eigenvalue weighted by atomic mass is 10.1. The Morgan fingerprint density at radius 2 is 1.88 bits per heavy atom. The minimum atomic E-state index is -0.527. The predicted molar refractivity (Wildman–Crippen MR) is 153 cm³/mol. The van der Waals surface area contributed by atoms with E-state index in [0.29, 0.717) is 49.8 Å². The van der Waals surface area contributed by atoms with E-state index in [1.165, 1.54) is 23.5 Å². The first-order valence-corrected chi connectivity index (χ1v) is 13.9. The zero-order valence-corrected chi connectivity index (χ0v) is 23.7. The maximum absolute atomic E-state index is 14.3. The number of carbonyl (C=O) groups is 2. The molecule has 2 amide bonds. The van der Waals surface area contributed by atoms with Gasteiger partial charge in [0.2, 0.25) is 0 Å². The average Bonchev–Trinajstić information content (AvgIpc) is 3.62. The van der Waals surface area contributed by atoms with Crippen LogP contribution in [0.25, 0.3) is 0 Å². The second-order valence-electron chi connectivity index (χ2n) is 9.16. The number of amides is 2. The zero-order valence-electron chi connectivity index (χ0n) is 22.9. The minimum Gasteiger partial charge on any atom is -0.493 e. The van der Waals surface area contributed by atoms with Crippen LogP contribution in [0.5, 0.6) is 11.5 Å². The van der Waals surface area contributed by atoms with Crippen LogP contribution in [-0.2, 0) is 19.5 Å². The number of hydrogen-bond donors (Lipinski definition) is 1. The first-order chi connectivity index (χ1) is 19.4. The summed E-state index contributed by atoms with van der Waals surface area (Å²) in [7, 11) is 3.18. The molecule has 0 radical (unpaired) electrons. The van der Waals surface area contributed by atoms with Crippen molar-refractivity contribution in [2.75, 3.05) is 27.3 Å². The fourth-order valence-corrected chi connectivity index (χ4v) is 5.12. The molecule has 4 aromatic rings. The molecule has 0 saturated carbocycles. The molecule has 0 bridgehead atoms. The molecule has 0 aliphatic rings. The molecular weight excluding hydrogens is 531 g/mol. The Hall–Kier alpha value is -4.18. The molecule has 0 saturated heterocycles. The van der Waals surface area contributed by atoms with Crippen molar-refractivity contribution in [1.82, 2.24) is 19.8 Å². The molecular formula is C30H33FN4O4S. The predicted octanol–water partition coefficient (Wildman–Crippen LogP) is 5.17. The number of benzene rings is 2. The maximum Gasteiger partial charge on any atom is 0.270 e. The summed E-state index contributed by atoms with van der Waals surface area (Å²) >= 11 is 1.40. The van der Waals surface area contributed by atoms with Gasteiger partial charge in [-0.1, -0.05) is 25.1 Å². The van der Waals surface area contributed by atoms with Gasteiger partial charge in [-0.05, 0) is 54.8 Å². The molecule has 0 unspecified atom stereocenters. The molecule has 10 heteroatoms. The molecule has 0 fully saturated rings. The fraction of sp³-hybridized carbons (Fsp3) is 0.300. The highest BCUT2D eigenvalue weighted by atomic mass is 32.1. The zero-order chi connectivity index (χ0) is 28.5. The molecule has 210 valence electrons. The van der Waals surface area contributed by atoms with E-state index in [9.17, 15) is 14.0 Å². The molecule has 40 heavy (non-hydrogen) atoms. The van der Waals surface area contributed by atoms with Crippen molar-refractivity contribution in [2.45, 2.75) is 32.9 Å². The number of aromatic nitrogens is 2. The Balaban J connectivity index is 1.35. The molecule has 2 aromatic heterocycles. The van der Waals surface area contributed by atoms with Gasteiger partial charge in [0.05, 0.1) is 32.9 Å². The van der Waals surface area contributed by atoms with Crippen molar-refractivity contribution in [3.63, 3.8) is 0 Å². The Morgan fingerprint density at radius 1 is 1.07 bits per heavy atom. The number of nitrogens with one attached hydrogen (secondary N) is 1. The first-order valence-electron chi connectivity index (χ1n) is 13.0. The highest BCUT2D eigenvalue weighted by molar-refractivity contribution is 7.09. The number of ether oxygens (including phenoxy) is 2. The number of rotatable bonds is 13. The number of methoxy groups -OCH3 is 2. The summed E-state index contributed by atoms with van der Waals surface area (Å²) in [5.74, 6) is 0.204. The summed E-state index contributed by atoms with van der Waals surface area (Å²) in [6, 6.07) is 15.6. The normalized spacial score (nSPS) is 10.8. The van der Waals surface area contributed by atoms with E-state index in [4.69, 9.17) is 9.47 Å². The second-order valence-corrected chi connectivity index (χ2v) is 10.1. The van der Waals surface area contributed by atoms with Crippen LogP contribution in [0.1, 0.15) is 50.5 Å². The largest absolute Gasteiger partial charge is 0.493 e. The third-order valence-corrected chi connectivity index (χ3v) is 7.23. The van der Waals surface area contributed by atoms with Crippen LogP contribution < -0.4 is 14.8 Å². The molecule has 0 spiro atoms. The van der Waals surface area contributed by atoms with Crippen LogP contribution >= 0.6 is 11.3 Å². The van der Waals surface area contributed by atoms with E-state index >= 15 is 0 Å². The fourth-order valence-electron chi connectivity index (χ4n) is 4.35. The van der Waals surface area contributed by atoms with E-state index in [1.807, 2.05) is 48.0 Å². The average molecular weight is 565 g/mol. The molecule has 8 nitrogen and oxygen atoms in total. The van der Waals surface area contributed by atoms with E-state index < -0.39 is 5.82 Å². The van der Waals surface area contributed by atoms with Crippen molar-refractivity contribution >= 4 is 23.2 Å². The van der Waals surface area contributed by atoms with Crippen LogP contribution in [0.15, 0.2) is 66.2 Å². The Bertz CT molecular complexity index is 1450. The monoisotopic (exact) mass is 564 g/mol. The van der Waals surface area contributed by atoms with Gasteiger partial charge in [0, 0.05) is 30.4 Å². The van der Waals surface area contributed by atoms with Crippen LogP contribution in [0.4, 0.5) is 4.39 Å². The molecule has 2 heterocycles.